The summed E-state index contributed by atoms with van der Waals surface area (Å²) in [5.74, 6) is -0.387. The van der Waals surface area contributed by atoms with Crippen molar-refractivity contribution in [3.05, 3.63) is 51.4 Å². The van der Waals surface area contributed by atoms with E-state index in [1.165, 1.54) is 16.0 Å². The third kappa shape index (κ3) is 3.14. The number of nitrogens with two attached hydrogens (primary N) is 1. The van der Waals surface area contributed by atoms with Crippen molar-refractivity contribution in [2.24, 2.45) is 0 Å². The van der Waals surface area contributed by atoms with Crippen LogP contribution in [-0.4, -0.2) is 19.1 Å². The summed E-state index contributed by atoms with van der Waals surface area (Å²) in [7, 11) is 0. The number of thiophene rings is 1. The number of nitrogen functional groups attached to an aromatic ring is 1. The number of anilines is 1. The Bertz CT molecular complexity index is 807. The second kappa shape index (κ2) is 7.04. The molecule has 0 bridgehead atoms. The molecule has 6 heteroatoms. The third-order valence-corrected chi connectivity index (χ3v) is 5.38. The van der Waals surface area contributed by atoms with Crippen LogP contribution in [0.25, 0.3) is 0 Å². The lowest BCUT2D eigenvalue weighted by molar-refractivity contribution is -0.929. The van der Waals surface area contributed by atoms with Gasteiger partial charge in [-0.1, -0.05) is 24.3 Å². The number of fused-ring (bicyclic) bond motifs is 1. The number of carbonyl (C=O) groups excluding carboxylic acids is 1. The molecule has 2 aromatic rings. The molecule has 0 amide bonds. The molecule has 3 rings (SSSR count). The minimum Gasteiger partial charge on any atom is -0.462 e. The Morgan fingerprint density at radius 2 is 2.17 bits per heavy atom. The highest BCUT2D eigenvalue weighted by atomic mass is 32.1. The van der Waals surface area contributed by atoms with Crippen LogP contribution in [-0.2, 0) is 24.2 Å². The van der Waals surface area contributed by atoms with Crippen molar-refractivity contribution in [3.63, 3.8) is 0 Å². The molecule has 24 heavy (non-hydrogen) atoms. The van der Waals surface area contributed by atoms with Gasteiger partial charge in [-0.15, -0.1) is 11.3 Å². The number of hydrogen-bond acceptors (Lipinski definition) is 5. The number of quaternary nitrogens is 1. The molecule has 0 aliphatic carbocycles. The van der Waals surface area contributed by atoms with Gasteiger partial charge in [0.1, 0.15) is 29.0 Å². The molecule has 1 unspecified atom stereocenters. The van der Waals surface area contributed by atoms with Crippen LogP contribution in [0.4, 0.5) is 5.00 Å². The molecule has 0 saturated heterocycles. The molecule has 0 fully saturated rings. The van der Waals surface area contributed by atoms with Crippen LogP contribution in [0.1, 0.15) is 38.8 Å². The Balaban J connectivity index is 1.87. The summed E-state index contributed by atoms with van der Waals surface area (Å²) in [6.07, 6.45) is 1.00. The van der Waals surface area contributed by atoms with Crippen molar-refractivity contribution in [2.45, 2.75) is 26.4 Å². The maximum absolute atomic E-state index is 12.2. The molecule has 5 nitrogen and oxygen atoms in total. The van der Waals surface area contributed by atoms with Gasteiger partial charge in [-0.05, 0) is 12.5 Å². The SMILES string of the molecule is CCOC(=O)c1sc(N)c(C#N)c1C[NH+]1CCc2ccccc2C1. The second-order valence-electron chi connectivity index (χ2n) is 5.85. The van der Waals surface area contributed by atoms with Crippen LogP contribution >= 0.6 is 11.3 Å². The molecule has 1 aromatic heterocycles. The van der Waals surface area contributed by atoms with Gasteiger partial charge in [0.15, 0.2) is 0 Å². The summed E-state index contributed by atoms with van der Waals surface area (Å²) in [6, 6.07) is 10.6. The van der Waals surface area contributed by atoms with E-state index in [-0.39, 0.29) is 5.97 Å². The van der Waals surface area contributed by atoms with Crippen LogP contribution in [0.15, 0.2) is 24.3 Å². The van der Waals surface area contributed by atoms with Gasteiger partial charge in [-0.3, -0.25) is 0 Å². The number of rotatable bonds is 4. The third-order valence-electron chi connectivity index (χ3n) is 4.34. The number of nitrogens with one attached hydrogen (secondary N) is 1. The van der Waals surface area contributed by atoms with Gasteiger partial charge in [0, 0.05) is 12.0 Å². The van der Waals surface area contributed by atoms with E-state index in [2.05, 4.69) is 30.3 Å². The fraction of sp³-hybridized carbons (Fsp3) is 0.333. The highest BCUT2D eigenvalue weighted by Gasteiger charge is 2.27. The van der Waals surface area contributed by atoms with E-state index < -0.39 is 0 Å². The lowest BCUT2D eigenvalue weighted by Gasteiger charge is -2.26. The minimum absolute atomic E-state index is 0.307. The lowest BCUT2D eigenvalue weighted by Crippen LogP contribution is -3.10. The first kappa shape index (κ1) is 16.5. The van der Waals surface area contributed by atoms with Gasteiger partial charge in [0.25, 0.3) is 0 Å². The highest BCUT2D eigenvalue weighted by molar-refractivity contribution is 7.18. The number of carbonyl (C=O) groups is 1. The average Bonchev–Trinajstić information content (AvgIpc) is 2.90. The van der Waals surface area contributed by atoms with Gasteiger partial charge in [0.2, 0.25) is 0 Å². The number of ether oxygens (including phenoxy) is 1. The van der Waals surface area contributed by atoms with Crippen molar-refractivity contribution >= 4 is 22.3 Å². The van der Waals surface area contributed by atoms with Crippen LogP contribution in [0, 0.1) is 11.3 Å². The largest absolute Gasteiger partial charge is 0.462 e. The van der Waals surface area contributed by atoms with Crippen LogP contribution in [0.3, 0.4) is 0 Å². The standard InChI is InChI=1S/C18H19N3O2S/c1-2-23-18(22)16-15(14(9-19)17(20)24-16)11-21-8-7-12-5-3-4-6-13(12)10-21/h3-6H,2,7-8,10-11,20H2,1H3/p+1. The van der Waals surface area contributed by atoms with E-state index in [4.69, 9.17) is 10.5 Å². The van der Waals surface area contributed by atoms with Crippen molar-refractivity contribution in [1.82, 2.24) is 0 Å². The van der Waals surface area contributed by atoms with Gasteiger partial charge in [-0.25, -0.2) is 4.79 Å². The van der Waals surface area contributed by atoms with Crippen LogP contribution in [0.2, 0.25) is 0 Å². The van der Waals surface area contributed by atoms with Crippen LogP contribution in [0.5, 0.6) is 0 Å². The summed E-state index contributed by atoms with van der Waals surface area (Å²) in [5, 5.41) is 9.82. The maximum Gasteiger partial charge on any atom is 0.348 e. The molecular weight excluding hydrogens is 322 g/mol. The number of benzene rings is 1. The molecule has 0 spiro atoms. The van der Waals surface area contributed by atoms with Crippen LogP contribution < -0.4 is 10.6 Å². The van der Waals surface area contributed by atoms with Gasteiger partial charge in [0.05, 0.1) is 24.3 Å². The topological polar surface area (TPSA) is 80.5 Å². The Morgan fingerprint density at radius 1 is 1.42 bits per heavy atom. The Kier molecular flexibility index (Phi) is 4.84. The molecule has 0 radical (unpaired) electrons. The zero-order chi connectivity index (χ0) is 17.1. The average molecular weight is 342 g/mol. The fourth-order valence-corrected chi connectivity index (χ4v) is 4.11. The predicted octanol–water partition coefficient (Wildman–Crippen LogP) is 1.52. The number of hydrogen-bond donors (Lipinski definition) is 2. The molecule has 1 atom stereocenters. The molecule has 1 aliphatic heterocycles. The normalized spacial score (nSPS) is 16.2. The second-order valence-corrected chi connectivity index (χ2v) is 6.91. The van der Waals surface area contributed by atoms with Crippen molar-refractivity contribution in [1.29, 1.82) is 5.26 Å². The Hall–Kier alpha value is -2.36. The summed E-state index contributed by atoms with van der Waals surface area (Å²) < 4.78 is 5.12. The zero-order valence-corrected chi connectivity index (χ0v) is 14.4. The Labute approximate surface area is 145 Å². The minimum atomic E-state index is -0.387. The van der Waals surface area contributed by atoms with E-state index in [1.54, 1.807) is 6.92 Å². The number of nitrogens with zero attached hydrogens (tertiary/aromatic N) is 1. The van der Waals surface area contributed by atoms with Gasteiger partial charge < -0.3 is 15.4 Å². The van der Waals surface area contributed by atoms with Crippen molar-refractivity contribution in [3.8, 4) is 6.07 Å². The molecular formula is C18H20N3O2S+. The van der Waals surface area contributed by atoms with E-state index in [9.17, 15) is 10.1 Å². The van der Waals surface area contributed by atoms with E-state index >= 15 is 0 Å². The first-order valence-electron chi connectivity index (χ1n) is 8.02. The summed E-state index contributed by atoms with van der Waals surface area (Å²) in [6.45, 7) is 4.55. The van der Waals surface area contributed by atoms with Gasteiger partial charge in [-0.2, -0.15) is 5.26 Å². The maximum atomic E-state index is 12.2. The van der Waals surface area contributed by atoms with Crippen molar-refractivity contribution < 1.29 is 14.4 Å². The summed E-state index contributed by atoms with van der Waals surface area (Å²) in [4.78, 5) is 14.0. The predicted molar refractivity (Wildman–Crippen MR) is 92.8 cm³/mol. The zero-order valence-electron chi connectivity index (χ0n) is 13.6. The lowest BCUT2D eigenvalue weighted by atomic mass is 9.99. The smallest absolute Gasteiger partial charge is 0.348 e. The quantitative estimate of drug-likeness (QED) is 0.826. The monoisotopic (exact) mass is 342 g/mol. The molecule has 1 aliphatic rings. The number of esters is 1. The van der Waals surface area contributed by atoms with E-state index in [1.807, 2.05) is 0 Å². The molecule has 124 valence electrons. The van der Waals surface area contributed by atoms with E-state index in [0.29, 0.717) is 28.6 Å². The fourth-order valence-electron chi connectivity index (χ4n) is 3.18. The molecule has 1 aromatic carbocycles. The molecule has 3 N–H and O–H groups in total. The van der Waals surface area contributed by atoms with Gasteiger partial charge >= 0.3 is 5.97 Å². The molecule has 2 heterocycles. The number of nitriles is 1. The van der Waals surface area contributed by atoms with E-state index in [0.717, 1.165) is 36.4 Å². The Morgan fingerprint density at radius 3 is 2.88 bits per heavy atom. The van der Waals surface area contributed by atoms with Crippen molar-refractivity contribution in [2.75, 3.05) is 18.9 Å². The molecule has 0 saturated carbocycles. The summed E-state index contributed by atoms with van der Waals surface area (Å²) in [5.41, 5.74) is 9.82. The first-order chi connectivity index (χ1) is 11.6. The summed E-state index contributed by atoms with van der Waals surface area (Å²) >= 11 is 1.16. The first-order valence-corrected chi connectivity index (χ1v) is 8.84. The highest BCUT2D eigenvalue weighted by Crippen LogP contribution is 2.31.